The first-order valence-electron chi connectivity index (χ1n) is 3.20. The van der Waals surface area contributed by atoms with Gasteiger partial charge in [-0.2, -0.15) is 0 Å². The first-order valence-corrected chi connectivity index (χ1v) is 3.20. The third kappa shape index (κ3) is 5.92. The second-order valence-electron chi connectivity index (χ2n) is 1.85. The highest BCUT2D eigenvalue weighted by atomic mass is 16.3. The summed E-state index contributed by atoms with van der Waals surface area (Å²) in [6, 6.07) is 0. The molecule has 0 aromatic carbocycles. The highest BCUT2D eigenvalue weighted by Gasteiger charge is 1.82. The fourth-order valence-electron chi connectivity index (χ4n) is 0.572. The topological polar surface area (TPSA) is 31.9 Å². The van der Waals surface area contributed by atoms with Gasteiger partial charge in [0.25, 0.3) is 0 Å². The van der Waals surface area contributed by atoms with Crippen molar-refractivity contribution < 1.29 is 5.11 Å². The summed E-state index contributed by atoms with van der Waals surface area (Å²) in [7, 11) is 0. The van der Waals surface area contributed by atoms with Crippen LogP contribution in [0.15, 0.2) is 0 Å². The molecule has 0 spiro atoms. The Labute approximate surface area is 50.9 Å². The molecule has 8 heavy (non-hydrogen) atoms. The van der Waals surface area contributed by atoms with Gasteiger partial charge in [-0.05, 0) is 13.0 Å². The molecule has 0 fully saturated rings. The van der Waals surface area contributed by atoms with Gasteiger partial charge in [-0.1, -0.05) is 19.8 Å². The molecule has 2 nitrogen and oxygen atoms in total. The van der Waals surface area contributed by atoms with Gasteiger partial charge >= 0.3 is 0 Å². The number of unbranched alkanes of at least 4 members (excludes halogenated alkanes) is 2. The molecule has 0 aliphatic heterocycles. The molecule has 0 bridgehead atoms. The molecule has 2 heteroatoms. The summed E-state index contributed by atoms with van der Waals surface area (Å²) < 4.78 is 0. The van der Waals surface area contributed by atoms with Crippen LogP contribution in [0.5, 0.6) is 0 Å². The lowest BCUT2D eigenvalue weighted by atomic mass is 10.2. The summed E-state index contributed by atoms with van der Waals surface area (Å²) in [4.78, 5) is 0. The highest BCUT2D eigenvalue weighted by Crippen LogP contribution is 1.89. The Morgan fingerprint density at radius 1 is 1.38 bits per heavy atom. The molecule has 0 amide bonds. The predicted molar refractivity (Wildman–Crippen MR) is 33.1 cm³/mol. The van der Waals surface area contributed by atoms with E-state index in [-0.39, 0.29) is 6.73 Å². The van der Waals surface area contributed by atoms with Gasteiger partial charge in [0.15, 0.2) is 0 Å². The molecule has 1 N–H and O–H groups in total. The van der Waals surface area contributed by atoms with E-state index in [4.69, 9.17) is 0 Å². The number of hydrogen-bond acceptors (Lipinski definition) is 1. The molecule has 0 unspecified atom stereocenters. The first kappa shape index (κ1) is 7.92. The third-order valence-corrected chi connectivity index (χ3v) is 1.06. The van der Waals surface area contributed by atoms with Crippen molar-refractivity contribution in [2.45, 2.75) is 26.2 Å². The Hall–Kier alpha value is -0.0800. The largest absolute Gasteiger partial charge is 0.292 e. The van der Waals surface area contributed by atoms with E-state index in [9.17, 15) is 5.11 Å². The quantitative estimate of drug-likeness (QED) is 0.424. The van der Waals surface area contributed by atoms with Crippen LogP contribution >= 0.6 is 0 Å². The lowest BCUT2D eigenvalue weighted by Gasteiger charge is -1.95. The van der Waals surface area contributed by atoms with E-state index >= 15 is 0 Å². The van der Waals surface area contributed by atoms with Crippen molar-refractivity contribution in [1.29, 1.82) is 0 Å². The molecule has 0 aromatic rings. The Morgan fingerprint density at radius 3 is 2.62 bits per heavy atom. The van der Waals surface area contributed by atoms with Gasteiger partial charge in [-0.3, -0.25) is 5.32 Å². The number of rotatable bonds is 5. The molecule has 0 saturated carbocycles. The van der Waals surface area contributed by atoms with Crippen LogP contribution in [0, 0.1) is 0 Å². The van der Waals surface area contributed by atoms with Gasteiger partial charge in [0, 0.05) is 0 Å². The van der Waals surface area contributed by atoms with Crippen molar-refractivity contribution in [1.82, 2.24) is 5.32 Å². The zero-order chi connectivity index (χ0) is 6.24. The van der Waals surface area contributed by atoms with Gasteiger partial charge in [0.05, 0.1) is 0 Å². The second kappa shape index (κ2) is 6.92. The molecule has 0 atom stereocenters. The van der Waals surface area contributed by atoms with Crippen molar-refractivity contribution >= 4 is 0 Å². The molecular weight excluding hydrogens is 102 g/mol. The zero-order valence-electron chi connectivity index (χ0n) is 5.44. The molecular formula is C6H14NO. The standard InChI is InChI=1S/C6H14NO/c1-2-3-4-5-7-6-8/h7H,2-6H2,1H3. The van der Waals surface area contributed by atoms with Crippen LogP contribution in [0.4, 0.5) is 0 Å². The maximum Gasteiger partial charge on any atom is 0.133 e. The van der Waals surface area contributed by atoms with E-state index in [0.29, 0.717) is 0 Å². The van der Waals surface area contributed by atoms with Gasteiger partial charge in [0.1, 0.15) is 6.73 Å². The van der Waals surface area contributed by atoms with Crippen LogP contribution in [0.25, 0.3) is 0 Å². The van der Waals surface area contributed by atoms with Crippen LogP contribution in [-0.2, 0) is 5.11 Å². The summed E-state index contributed by atoms with van der Waals surface area (Å²) >= 11 is 0. The van der Waals surface area contributed by atoms with Crippen LogP contribution < -0.4 is 5.32 Å². The van der Waals surface area contributed by atoms with Gasteiger partial charge in [-0.25, -0.2) is 5.11 Å². The van der Waals surface area contributed by atoms with Crippen LogP contribution in [0.1, 0.15) is 26.2 Å². The lowest BCUT2D eigenvalue weighted by Crippen LogP contribution is -2.14. The normalized spacial score (nSPS) is 9.75. The summed E-state index contributed by atoms with van der Waals surface area (Å²) in [5, 5.41) is 12.5. The molecule has 0 rings (SSSR count). The summed E-state index contributed by atoms with van der Waals surface area (Å²) in [6.07, 6.45) is 3.59. The van der Waals surface area contributed by atoms with Gasteiger partial charge in [-0.15, -0.1) is 0 Å². The minimum absolute atomic E-state index is 0.135. The van der Waals surface area contributed by atoms with Crippen molar-refractivity contribution in [3.8, 4) is 0 Å². The Bertz CT molecular complexity index is 33.5. The van der Waals surface area contributed by atoms with Crippen molar-refractivity contribution in [3.05, 3.63) is 0 Å². The first-order chi connectivity index (χ1) is 3.91. The zero-order valence-corrected chi connectivity index (χ0v) is 5.44. The van der Waals surface area contributed by atoms with Crippen LogP contribution in [0.3, 0.4) is 0 Å². The Balaban J connectivity index is 2.53. The van der Waals surface area contributed by atoms with Gasteiger partial charge in [0.2, 0.25) is 0 Å². The van der Waals surface area contributed by atoms with Crippen molar-refractivity contribution in [2.75, 3.05) is 13.3 Å². The fraction of sp³-hybridized carbons (Fsp3) is 1.00. The molecule has 49 valence electrons. The third-order valence-electron chi connectivity index (χ3n) is 1.06. The maximum absolute atomic E-state index is 9.78. The molecule has 1 radical (unpaired) electrons. The predicted octanol–water partition coefficient (Wildman–Crippen LogP) is 1.15. The Morgan fingerprint density at radius 2 is 2.12 bits per heavy atom. The van der Waals surface area contributed by atoms with Crippen LogP contribution in [-0.4, -0.2) is 13.3 Å². The maximum atomic E-state index is 9.78. The minimum atomic E-state index is -0.135. The van der Waals surface area contributed by atoms with E-state index < -0.39 is 0 Å². The monoisotopic (exact) mass is 116 g/mol. The highest BCUT2D eigenvalue weighted by molar-refractivity contribution is 4.40. The average Bonchev–Trinajstić information content (AvgIpc) is 1.81. The lowest BCUT2D eigenvalue weighted by molar-refractivity contribution is 0.167. The van der Waals surface area contributed by atoms with E-state index in [0.717, 1.165) is 13.0 Å². The van der Waals surface area contributed by atoms with E-state index in [1.54, 1.807) is 0 Å². The van der Waals surface area contributed by atoms with Crippen LogP contribution in [0.2, 0.25) is 0 Å². The van der Waals surface area contributed by atoms with E-state index in [2.05, 4.69) is 12.2 Å². The minimum Gasteiger partial charge on any atom is -0.292 e. The van der Waals surface area contributed by atoms with E-state index in [1.165, 1.54) is 12.8 Å². The SMILES string of the molecule is CCCCCNC[O]. The summed E-state index contributed by atoms with van der Waals surface area (Å²) in [5.41, 5.74) is 0. The summed E-state index contributed by atoms with van der Waals surface area (Å²) in [5.74, 6) is 0. The van der Waals surface area contributed by atoms with Gasteiger partial charge < -0.3 is 0 Å². The fourth-order valence-corrected chi connectivity index (χ4v) is 0.572. The average molecular weight is 116 g/mol. The van der Waals surface area contributed by atoms with E-state index in [1.807, 2.05) is 0 Å². The molecule has 0 heterocycles. The number of hydrogen-bond donors (Lipinski definition) is 1. The van der Waals surface area contributed by atoms with Crippen molar-refractivity contribution in [3.63, 3.8) is 0 Å². The molecule has 0 saturated heterocycles. The second-order valence-corrected chi connectivity index (χ2v) is 1.85. The summed E-state index contributed by atoms with van der Waals surface area (Å²) in [6.45, 7) is 2.90. The Kier molecular flexibility index (Phi) is 6.85. The molecule has 0 aliphatic rings. The smallest absolute Gasteiger partial charge is 0.133 e. The molecule has 0 aliphatic carbocycles. The number of nitrogens with one attached hydrogen (secondary N) is 1. The van der Waals surface area contributed by atoms with Crippen molar-refractivity contribution in [2.24, 2.45) is 0 Å². The molecule has 0 aromatic heterocycles.